The van der Waals surface area contributed by atoms with Gasteiger partial charge < -0.3 is 5.32 Å². The van der Waals surface area contributed by atoms with E-state index in [9.17, 15) is 9.59 Å². The summed E-state index contributed by atoms with van der Waals surface area (Å²) in [6, 6.07) is 19.6. The van der Waals surface area contributed by atoms with Crippen molar-refractivity contribution in [3.05, 3.63) is 77.4 Å². The first kappa shape index (κ1) is 17.3. The predicted molar refractivity (Wildman–Crippen MR) is 108 cm³/mol. The minimum atomic E-state index is -0.188. The van der Waals surface area contributed by atoms with Crippen LogP contribution in [-0.4, -0.2) is 23.3 Å². The Bertz CT molecular complexity index is 989. The van der Waals surface area contributed by atoms with Gasteiger partial charge in [-0.05, 0) is 30.2 Å². The van der Waals surface area contributed by atoms with Crippen LogP contribution in [0.15, 0.2) is 60.7 Å². The molecule has 0 aliphatic carbocycles. The van der Waals surface area contributed by atoms with E-state index in [4.69, 9.17) is 0 Å². The van der Waals surface area contributed by atoms with Crippen molar-refractivity contribution in [2.45, 2.75) is 26.3 Å². The Balaban J connectivity index is 1.73. The average molecular weight is 358 g/mol. The molecule has 0 fully saturated rings. The number of imide groups is 1. The highest BCUT2D eigenvalue weighted by Gasteiger charge is 2.32. The van der Waals surface area contributed by atoms with Gasteiger partial charge in [-0.25, -0.2) is 0 Å². The number of carbonyl (C=O) groups is 2. The van der Waals surface area contributed by atoms with E-state index < -0.39 is 0 Å². The number of hydrogen-bond donors (Lipinski definition) is 1. The van der Waals surface area contributed by atoms with Crippen molar-refractivity contribution in [1.82, 2.24) is 4.90 Å². The fourth-order valence-corrected chi connectivity index (χ4v) is 3.61. The van der Waals surface area contributed by atoms with Crippen LogP contribution in [0.2, 0.25) is 0 Å². The molecule has 1 heterocycles. The molecule has 3 aromatic carbocycles. The number of carbonyl (C=O) groups excluding carboxylic acids is 2. The number of nitrogens with zero attached hydrogens (tertiary/aromatic N) is 1. The monoisotopic (exact) mass is 358 g/mol. The third kappa shape index (κ3) is 3.08. The molecule has 1 aliphatic rings. The van der Waals surface area contributed by atoms with Gasteiger partial charge in [0.15, 0.2) is 0 Å². The van der Waals surface area contributed by atoms with E-state index in [1.165, 1.54) is 10.5 Å². The van der Waals surface area contributed by atoms with Gasteiger partial charge in [0.2, 0.25) is 0 Å². The fourth-order valence-electron chi connectivity index (χ4n) is 3.61. The molecule has 136 valence electrons. The van der Waals surface area contributed by atoms with Gasteiger partial charge >= 0.3 is 0 Å². The lowest BCUT2D eigenvalue weighted by molar-refractivity contribution is 0.0608. The van der Waals surface area contributed by atoms with Crippen molar-refractivity contribution in [1.29, 1.82) is 0 Å². The second-order valence-corrected chi connectivity index (χ2v) is 6.84. The van der Waals surface area contributed by atoms with E-state index in [1.807, 2.05) is 48.5 Å². The molecule has 4 rings (SSSR count). The Morgan fingerprint density at radius 3 is 2.33 bits per heavy atom. The lowest BCUT2D eigenvalue weighted by Gasteiger charge is -2.27. The minimum absolute atomic E-state index is 0.188. The highest BCUT2D eigenvalue weighted by atomic mass is 16.2. The maximum atomic E-state index is 12.9. The molecule has 1 aliphatic heterocycles. The largest absolute Gasteiger partial charge is 0.380 e. The summed E-state index contributed by atoms with van der Waals surface area (Å²) in [4.78, 5) is 27.2. The van der Waals surface area contributed by atoms with Gasteiger partial charge in [-0.1, -0.05) is 55.8 Å². The van der Waals surface area contributed by atoms with Gasteiger partial charge in [0, 0.05) is 40.7 Å². The Hall–Kier alpha value is -3.14. The molecule has 4 heteroatoms. The topological polar surface area (TPSA) is 49.4 Å². The van der Waals surface area contributed by atoms with E-state index in [2.05, 4.69) is 24.4 Å². The van der Waals surface area contributed by atoms with Gasteiger partial charge in [0.1, 0.15) is 0 Å². The minimum Gasteiger partial charge on any atom is -0.380 e. The smallest absolute Gasteiger partial charge is 0.261 e. The summed E-state index contributed by atoms with van der Waals surface area (Å²) in [5.41, 5.74) is 3.33. The van der Waals surface area contributed by atoms with Crippen LogP contribution in [0.3, 0.4) is 0 Å². The Morgan fingerprint density at radius 2 is 1.59 bits per heavy atom. The van der Waals surface area contributed by atoms with Crippen molar-refractivity contribution >= 4 is 28.3 Å². The summed E-state index contributed by atoms with van der Waals surface area (Å²) in [6.07, 6.45) is 1.76. The summed E-state index contributed by atoms with van der Waals surface area (Å²) < 4.78 is 0. The number of unbranched alkanes of at least 4 members (excludes halogenated alkanes) is 1. The van der Waals surface area contributed by atoms with E-state index >= 15 is 0 Å². The summed E-state index contributed by atoms with van der Waals surface area (Å²) in [6.45, 7) is 3.21. The van der Waals surface area contributed by atoms with Gasteiger partial charge in [-0.15, -0.1) is 0 Å². The van der Waals surface area contributed by atoms with Crippen LogP contribution >= 0.6 is 0 Å². The van der Waals surface area contributed by atoms with Crippen molar-refractivity contribution in [2.75, 3.05) is 11.9 Å². The third-order valence-corrected chi connectivity index (χ3v) is 5.05. The summed E-state index contributed by atoms with van der Waals surface area (Å²) in [7, 11) is 0. The standard InChI is InChI=1S/C23H22N2O2/c1-2-3-14-25-22(26)18-11-7-10-17-20(13-12-19(21(17)18)23(25)27)24-15-16-8-5-4-6-9-16/h4-13,24H,2-3,14-15H2,1H3. The zero-order valence-corrected chi connectivity index (χ0v) is 15.4. The molecule has 3 aromatic rings. The second-order valence-electron chi connectivity index (χ2n) is 6.84. The average Bonchev–Trinajstić information content (AvgIpc) is 2.71. The Kier molecular flexibility index (Phi) is 4.63. The second kappa shape index (κ2) is 7.23. The van der Waals surface area contributed by atoms with Crippen LogP contribution in [-0.2, 0) is 6.54 Å². The number of hydrogen-bond acceptors (Lipinski definition) is 3. The maximum absolute atomic E-state index is 12.9. The molecule has 0 saturated carbocycles. The van der Waals surface area contributed by atoms with E-state index in [0.29, 0.717) is 24.2 Å². The summed E-state index contributed by atoms with van der Waals surface area (Å²) in [5.74, 6) is -0.376. The first-order valence-electron chi connectivity index (χ1n) is 9.40. The van der Waals surface area contributed by atoms with Gasteiger partial charge in [-0.3, -0.25) is 14.5 Å². The van der Waals surface area contributed by atoms with Crippen molar-refractivity contribution in [3.63, 3.8) is 0 Å². The van der Waals surface area contributed by atoms with Crippen molar-refractivity contribution < 1.29 is 9.59 Å². The predicted octanol–water partition coefficient (Wildman–Crippen LogP) is 4.85. The molecule has 4 nitrogen and oxygen atoms in total. The quantitative estimate of drug-likeness (QED) is 0.641. The first-order chi connectivity index (χ1) is 13.2. The molecular weight excluding hydrogens is 336 g/mol. The van der Waals surface area contributed by atoms with Crippen LogP contribution in [0, 0.1) is 0 Å². The fraction of sp³-hybridized carbons (Fsp3) is 0.217. The zero-order chi connectivity index (χ0) is 18.8. The van der Waals surface area contributed by atoms with Crippen LogP contribution in [0.5, 0.6) is 0 Å². The number of rotatable bonds is 6. The van der Waals surface area contributed by atoms with Crippen LogP contribution in [0.1, 0.15) is 46.0 Å². The van der Waals surface area contributed by atoms with Crippen molar-refractivity contribution in [3.8, 4) is 0 Å². The molecule has 0 atom stereocenters. The first-order valence-corrected chi connectivity index (χ1v) is 9.40. The Morgan fingerprint density at radius 1 is 0.852 bits per heavy atom. The third-order valence-electron chi connectivity index (χ3n) is 5.05. The molecule has 0 saturated heterocycles. The number of anilines is 1. The van der Waals surface area contributed by atoms with Gasteiger partial charge in [-0.2, -0.15) is 0 Å². The number of amides is 2. The molecule has 27 heavy (non-hydrogen) atoms. The Labute approximate surface area is 158 Å². The van der Waals surface area contributed by atoms with Gasteiger partial charge in [0.25, 0.3) is 11.8 Å². The molecule has 2 amide bonds. The number of benzene rings is 3. The molecule has 0 spiro atoms. The maximum Gasteiger partial charge on any atom is 0.261 e. The SMILES string of the molecule is CCCCN1C(=O)c2cccc3c(NCc4ccccc4)ccc(c23)C1=O. The van der Waals surface area contributed by atoms with Crippen LogP contribution in [0.25, 0.3) is 10.8 Å². The molecular formula is C23H22N2O2. The number of nitrogens with one attached hydrogen (secondary N) is 1. The highest BCUT2D eigenvalue weighted by Crippen LogP contribution is 2.34. The lowest BCUT2D eigenvalue weighted by atomic mass is 9.93. The van der Waals surface area contributed by atoms with E-state index in [0.717, 1.165) is 29.3 Å². The molecule has 1 N–H and O–H groups in total. The summed E-state index contributed by atoms with van der Waals surface area (Å²) >= 11 is 0. The van der Waals surface area contributed by atoms with Gasteiger partial charge in [0.05, 0.1) is 0 Å². The zero-order valence-electron chi connectivity index (χ0n) is 15.4. The summed E-state index contributed by atoms with van der Waals surface area (Å²) in [5, 5.41) is 5.12. The van der Waals surface area contributed by atoms with Crippen LogP contribution in [0.4, 0.5) is 5.69 Å². The van der Waals surface area contributed by atoms with Crippen LogP contribution < -0.4 is 5.32 Å². The normalized spacial score (nSPS) is 13.3. The molecule has 0 unspecified atom stereocenters. The highest BCUT2D eigenvalue weighted by molar-refractivity contribution is 6.26. The molecule has 0 radical (unpaired) electrons. The van der Waals surface area contributed by atoms with Crippen molar-refractivity contribution in [2.24, 2.45) is 0 Å². The lowest BCUT2D eigenvalue weighted by Crippen LogP contribution is -2.40. The van der Waals surface area contributed by atoms with E-state index in [1.54, 1.807) is 0 Å². The van der Waals surface area contributed by atoms with E-state index in [-0.39, 0.29) is 11.8 Å². The molecule has 0 aromatic heterocycles. The molecule has 0 bridgehead atoms.